The summed E-state index contributed by atoms with van der Waals surface area (Å²) in [4.78, 5) is 2.30. The molecule has 0 saturated carbocycles. The van der Waals surface area contributed by atoms with Crippen molar-refractivity contribution in [1.29, 1.82) is 5.26 Å². The van der Waals surface area contributed by atoms with Crippen LogP contribution >= 0.6 is 0 Å². The van der Waals surface area contributed by atoms with Crippen LogP contribution < -0.4 is 10.1 Å². The zero-order chi connectivity index (χ0) is 20.8. The molecule has 0 spiro atoms. The molecule has 0 bridgehead atoms. The van der Waals surface area contributed by atoms with Crippen molar-refractivity contribution in [2.24, 2.45) is 0 Å². The molecule has 0 amide bonds. The standard InChI is InChI=1S/C23H29N5O/c1-17(2)28-23(15-27(4)12-11-25-3)21-13-20(9-10-22(21)26-28)29-16-19-7-5-18(14-24)6-8-19/h5-10,13,17,25H,11-12,15-16H2,1-4H3. The van der Waals surface area contributed by atoms with Gasteiger partial charge in [0.25, 0.3) is 0 Å². The normalized spacial score (nSPS) is 11.3. The lowest BCUT2D eigenvalue weighted by Crippen LogP contribution is -2.28. The molecular weight excluding hydrogens is 362 g/mol. The zero-order valence-electron chi connectivity index (χ0n) is 17.6. The Bertz CT molecular complexity index is 985. The SMILES string of the molecule is CNCCN(C)Cc1c2cc(OCc3ccc(C#N)cc3)ccc2nn1C(C)C. The van der Waals surface area contributed by atoms with Crippen LogP contribution in [0.15, 0.2) is 42.5 Å². The number of ether oxygens (including phenoxy) is 1. The Morgan fingerprint density at radius 2 is 1.97 bits per heavy atom. The van der Waals surface area contributed by atoms with Crippen LogP contribution in [0.25, 0.3) is 10.9 Å². The number of benzene rings is 2. The predicted octanol–water partition coefficient (Wildman–Crippen LogP) is 3.72. The molecule has 0 aliphatic heterocycles. The second kappa shape index (κ2) is 9.55. The summed E-state index contributed by atoms with van der Waals surface area (Å²) in [5, 5.41) is 18.1. The lowest BCUT2D eigenvalue weighted by atomic mass is 10.1. The Hall–Kier alpha value is -2.88. The molecule has 0 unspecified atom stereocenters. The molecule has 3 aromatic rings. The third-order valence-electron chi connectivity index (χ3n) is 4.91. The van der Waals surface area contributed by atoms with Gasteiger partial charge in [-0.15, -0.1) is 0 Å². The summed E-state index contributed by atoms with van der Waals surface area (Å²) in [6.45, 7) is 7.53. The summed E-state index contributed by atoms with van der Waals surface area (Å²) < 4.78 is 8.14. The summed E-state index contributed by atoms with van der Waals surface area (Å²) in [5.41, 5.74) is 3.89. The average Bonchev–Trinajstić information content (AvgIpc) is 3.09. The Morgan fingerprint density at radius 1 is 1.21 bits per heavy atom. The minimum absolute atomic E-state index is 0.290. The highest BCUT2D eigenvalue weighted by atomic mass is 16.5. The second-order valence-electron chi connectivity index (χ2n) is 7.60. The maximum Gasteiger partial charge on any atom is 0.120 e. The molecule has 1 aromatic heterocycles. The van der Waals surface area contributed by atoms with Crippen molar-refractivity contribution in [3.63, 3.8) is 0 Å². The van der Waals surface area contributed by atoms with Crippen LogP contribution in [0, 0.1) is 11.3 Å². The summed E-state index contributed by atoms with van der Waals surface area (Å²) >= 11 is 0. The first-order valence-electron chi connectivity index (χ1n) is 9.98. The molecule has 6 heteroatoms. The summed E-state index contributed by atoms with van der Waals surface area (Å²) in [7, 11) is 4.10. The highest BCUT2D eigenvalue weighted by Crippen LogP contribution is 2.27. The van der Waals surface area contributed by atoms with Crippen LogP contribution in [-0.2, 0) is 13.2 Å². The van der Waals surface area contributed by atoms with Crippen molar-refractivity contribution in [2.75, 3.05) is 27.2 Å². The number of hydrogen-bond donors (Lipinski definition) is 1. The predicted molar refractivity (Wildman–Crippen MR) is 116 cm³/mol. The van der Waals surface area contributed by atoms with Crippen LogP contribution in [0.5, 0.6) is 5.75 Å². The Kier molecular flexibility index (Phi) is 6.86. The highest BCUT2D eigenvalue weighted by molar-refractivity contribution is 5.83. The van der Waals surface area contributed by atoms with Gasteiger partial charge in [0, 0.05) is 31.1 Å². The molecule has 1 N–H and O–H groups in total. The van der Waals surface area contributed by atoms with Gasteiger partial charge in [0.05, 0.1) is 22.8 Å². The first kappa shape index (κ1) is 20.8. The van der Waals surface area contributed by atoms with E-state index in [1.54, 1.807) is 0 Å². The zero-order valence-corrected chi connectivity index (χ0v) is 17.6. The maximum atomic E-state index is 8.92. The minimum Gasteiger partial charge on any atom is -0.489 e. The van der Waals surface area contributed by atoms with Gasteiger partial charge in [0.2, 0.25) is 0 Å². The number of hydrogen-bond acceptors (Lipinski definition) is 5. The Balaban J connectivity index is 1.82. The number of nitrogens with one attached hydrogen (secondary N) is 1. The van der Waals surface area contributed by atoms with Gasteiger partial charge in [0.1, 0.15) is 12.4 Å². The lowest BCUT2D eigenvalue weighted by molar-refractivity contribution is 0.306. The second-order valence-corrected chi connectivity index (χ2v) is 7.60. The summed E-state index contributed by atoms with van der Waals surface area (Å²) in [6.07, 6.45) is 0. The van der Waals surface area contributed by atoms with E-state index in [0.717, 1.165) is 41.9 Å². The minimum atomic E-state index is 0.290. The van der Waals surface area contributed by atoms with E-state index in [2.05, 4.69) is 47.9 Å². The van der Waals surface area contributed by atoms with Crippen LogP contribution in [0.3, 0.4) is 0 Å². The highest BCUT2D eigenvalue weighted by Gasteiger charge is 2.16. The maximum absolute atomic E-state index is 8.92. The molecule has 2 aromatic carbocycles. The number of rotatable bonds is 9. The van der Waals surface area contributed by atoms with Gasteiger partial charge in [-0.1, -0.05) is 12.1 Å². The first-order chi connectivity index (χ1) is 14.0. The Labute approximate surface area is 172 Å². The van der Waals surface area contributed by atoms with E-state index < -0.39 is 0 Å². The van der Waals surface area contributed by atoms with E-state index in [1.165, 1.54) is 5.69 Å². The van der Waals surface area contributed by atoms with Crippen LogP contribution in [-0.4, -0.2) is 41.9 Å². The number of likely N-dealkylation sites (N-methyl/N-ethyl adjacent to an activating group) is 2. The van der Waals surface area contributed by atoms with Crippen molar-refractivity contribution in [1.82, 2.24) is 20.0 Å². The third-order valence-corrected chi connectivity index (χ3v) is 4.91. The fourth-order valence-corrected chi connectivity index (χ4v) is 3.29. The number of nitriles is 1. The lowest BCUT2D eigenvalue weighted by Gasteiger charge is -2.19. The van der Waals surface area contributed by atoms with Gasteiger partial charge in [-0.3, -0.25) is 9.58 Å². The molecule has 1 heterocycles. The van der Waals surface area contributed by atoms with Crippen molar-refractivity contribution in [2.45, 2.75) is 33.0 Å². The molecular formula is C23H29N5O. The largest absolute Gasteiger partial charge is 0.489 e. The molecule has 3 rings (SSSR count). The fraction of sp³-hybridized carbons (Fsp3) is 0.391. The quantitative estimate of drug-likeness (QED) is 0.602. The first-order valence-corrected chi connectivity index (χ1v) is 9.98. The van der Waals surface area contributed by atoms with Crippen LogP contribution in [0.2, 0.25) is 0 Å². The molecule has 152 valence electrons. The monoisotopic (exact) mass is 391 g/mol. The van der Waals surface area contributed by atoms with E-state index in [0.29, 0.717) is 12.2 Å². The van der Waals surface area contributed by atoms with Gasteiger partial charge in [-0.2, -0.15) is 10.4 Å². The van der Waals surface area contributed by atoms with Crippen molar-refractivity contribution < 1.29 is 4.74 Å². The van der Waals surface area contributed by atoms with Crippen LogP contribution in [0.4, 0.5) is 0 Å². The summed E-state index contributed by atoms with van der Waals surface area (Å²) in [5.74, 6) is 0.823. The van der Waals surface area contributed by atoms with E-state index in [9.17, 15) is 0 Å². The molecule has 0 aliphatic carbocycles. The summed E-state index contributed by atoms with van der Waals surface area (Å²) in [6, 6.07) is 16.0. The van der Waals surface area contributed by atoms with Gasteiger partial charge in [-0.25, -0.2) is 0 Å². The third kappa shape index (κ3) is 5.14. The van der Waals surface area contributed by atoms with Crippen LogP contribution in [0.1, 0.15) is 36.7 Å². The average molecular weight is 392 g/mol. The molecule has 0 aliphatic rings. The van der Waals surface area contributed by atoms with Crippen molar-refractivity contribution >= 4 is 10.9 Å². The number of fused-ring (bicyclic) bond motifs is 1. The van der Waals surface area contributed by atoms with E-state index >= 15 is 0 Å². The molecule has 6 nitrogen and oxygen atoms in total. The van der Waals surface area contributed by atoms with Crippen molar-refractivity contribution in [3.05, 3.63) is 59.3 Å². The fourth-order valence-electron chi connectivity index (χ4n) is 3.29. The van der Waals surface area contributed by atoms with E-state index in [4.69, 9.17) is 15.1 Å². The van der Waals surface area contributed by atoms with Gasteiger partial charge < -0.3 is 10.1 Å². The Morgan fingerprint density at radius 3 is 2.62 bits per heavy atom. The van der Waals surface area contributed by atoms with E-state index in [-0.39, 0.29) is 6.04 Å². The van der Waals surface area contributed by atoms with Gasteiger partial charge in [-0.05, 0) is 63.8 Å². The van der Waals surface area contributed by atoms with Crippen molar-refractivity contribution in [3.8, 4) is 11.8 Å². The molecule has 0 atom stereocenters. The smallest absolute Gasteiger partial charge is 0.120 e. The number of aromatic nitrogens is 2. The topological polar surface area (TPSA) is 66.1 Å². The molecule has 0 fully saturated rings. The van der Waals surface area contributed by atoms with Gasteiger partial charge >= 0.3 is 0 Å². The molecule has 0 radical (unpaired) electrons. The molecule has 0 saturated heterocycles. The number of nitrogens with zero attached hydrogens (tertiary/aromatic N) is 4. The van der Waals surface area contributed by atoms with E-state index in [1.807, 2.05) is 43.4 Å². The molecule has 29 heavy (non-hydrogen) atoms. The van der Waals surface area contributed by atoms with Gasteiger partial charge in [0.15, 0.2) is 0 Å².